The zero-order valence-electron chi connectivity index (χ0n) is 11.7. The van der Waals surface area contributed by atoms with Crippen molar-refractivity contribution in [1.29, 1.82) is 0 Å². The number of nitro groups is 1. The van der Waals surface area contributed by atoms with Gasteiger partial charge in [0.05, 0.1) is 10.8 Å². The van der Waals surface area contributed by atoms with Gasteiger partial charge in [-0.05, 0) is 25.3 Å². The molecule has 1 saturated carbocycles. The zero-order valence-corrected chi connectivity index (χ0v) is 11.7. The van der Waals surface area contributed by atoms with E-state index in [1.54, 1.807) is 6.07 Å². The number of ether oxygens (including phenoxy) is 1. The minimum atomic E-state index is -0.854. The number of rotatable bonds is 6. The molecule has 2 N–H and O–H groups in total. The third-order valence-electron chi connectivity index (χ3n) is 3.57. The molecule has 0 saturated heterocycles. The van der Waals surface area contributed by atoms with Crippen molar-refractivity contribution in [3.8, 4) is 5.75 Å². The minimum absolute atomic E-state index is 0.0254. The Hall–Kier alpha value is -2.64. The van der Waals surface area contributed by atoms with Gasteiger partial charge in [0, 0.05) is 12.1 Å². The molecule has 8 nitrogen and oxygen atoms in total. The van der Waals surface area contributed by atoms with Crippen LogP contribution >= 0.6 is 0 Å². The maximum Gasteiger partial charge on any atom is 0.310 e. The number of carboxylic acids is 1. The average molecular weight is 308 g/mol. The molecule has 8 heteroatoms. The number of aliphatic carboxylic acids is 1. The number of nitrogens with one attached hydrogen (secondary N) is 1. The summed E-state index contributed by atoms with van der Waals surface area (Å²) in [6.45, 7) is -0.348. The molecule has 118 valence electrons. The second-order valence-corrected chi connectivity index (χ2v) is 5.13. The Bertz CT molecular complexity index is 588. The van der Waals surface area contributed by atoms with Gasteiger partial charge in [0.2, 0.25) is 0 Å². The molecule has 0 spiro atoms. The molecule has 2 atom stereocenters. The molecule has 1 aromatic rings. The number of carboxylic acid groups (broad SMARTS) is 1. The Morgan fingerprint density at radius 2 is 2.09 bits per heavy atom. The number of amides is 1. The van der Waals surface area contributed by atoms with E-state index in [1.807, 2.05) is 0 Å². The Balaban J connectivity index is 1.84. The summed E-state index contributed by atoms with van der Waals surface area (Å²) in [5.74, 6) is -1.68. The van der Waals surface area contributed by atoms with Crippen molar-refractivity contribution in [2.75, 3.05) is 6.61 Å². The first kappa shape index (κ1) is 15.7. The number of nitrogens with zero attached hydrogens (tertiary/aromatic N) is 1. The summed E-state index contributed by atoms with van der Waals surface area (Å²) in [6.07, 6.45) is 1.53. The Labute approximate surface area is 126 Å². The highest BCUT2D eigenvalue weighted by molar-refractivity contribution is 5.78. The van der Waals surface area contributed by atoms with Crippen LogP contribution in [0.15, 0.2) is 24.3 Å². The lowest BCUT2D eigenvalue weighted by Gasteiger charge is -2.13. The molecular formula is C14H16N2O6. The molecule has 0 aromatic heterocycles. The van der Waals surface area contributed by atoms with E-state index in [9.17, 15) is 19.7 Å². The summed E-state index contributed by atoms with van der Waals surface area (Å²) in [7, 11) is 0. The highest BCUT2D eigenvalue weighted by atomic mass is 16.6. The van der Waals surface area contributed by atoms with E-state index >= 15 is 0 Å². The van der Waals surface area contributed by atoms with Crippen LogP contribution < -0.4 is 10.1 Å². The first-order chi connectivity index (χ1) is 10.5. The van der Waals surface area contributed by atoms with Gasteiger partial charge in [0.1, 0.15) is 0 Å². The Kier molecular flexibility index (Phi) is 4.92. The van der Waals surface area contributed by atoms with Crippen LogP contribution in [-0.2, 0) is 9.59 Å². The van der Waals surface area contributed by atoms with Crippen LogP contribution in [0.2, 0.25) is 0 Å². The van der Waals surface area contributed by atoms with E-state index in [2.05, 4.69) is 5.32 Å². The molecule has 0 unspecified atom stereocenters. The van der Waals surface area contributed by atoms with Crippen molar-refractivity contribution >= 4 is 17.6 Å². The molecule has 0 heterocycles. The van der Waals surface area contributed by atoms with Gasteiger partial charge >= 0.3 is 11.7 Å². The van der Waals surface area contributed by atoms with Gasteiger partial charge in [-0.2, -0.15) is 0 Å². The van der Waals surface area contributed by atoms with Gasteiger partial charge in [-0.1, -0.05) is 12.1 Å². The average Bonchev–Trinajstić information content (AvgIpc) is 2.94. The van der Waals surface area contributed by atoms with Crippen LogP contribution in [0.5, 0.6) is 5.75 Å². The molecule has 2 rings (SSSR count). The van der Waals surface area contributed by atoms with Gasteiger partial charge in [-0.15, -0.1) is 0 Å². The second-order valence-electron chi connectivity index (χ2n) is 5.13. The lowest BCUT2D eigenvalue weighted by atomic mass is 10.1. The zero-order chi connectivity index (χ0) is 16.1. The van der Waals surface area contributed by atoms with Crippen LogP contribution in [0.25, 0.3) is 0 Å². The fraction of sp³-hybridized carbons (Fsp3) is 0.429. The molecular weight excluding hydrogens is 292 g/mol. The highest BCUT2D eigenvalue weighted by Gasteiger charge is 2.30. The van der Waals surface area contributed by atoms with Crippen molar-refractivity contribution in [1.82, 2.24) is 5.32 Å². The highest BCUT2D eigenvalue weighted by Crippen LogP contribution is 2.27. The number of hydrogen-bond donors (Lipinski definition) is 2. The normalized spacial score (nSPS) is 20.4. The first-order valence-corrected chi connectivity index (χ1v) is 6.85. The van der Waals surface area contributed by atoms with Crippen molar-refractivity contribution in [2.45, 2.75) is 25.3 Å². The monoisotopic (exact) mass is 308 g/mol. The lowest BCUT2D eigenvalue weighted by Crippen LogP contribution is -2.36. The van der Waals surface area contributed by atoms with Crippen LogP contribution in [0.3, 0.4) is 0 Å². The Morgan fingerprint density at radius 1 is 1.36 bits per heavy atom. The molecule has 1 aliphatic carbocycles. The topological polar surface area (TPSA) is 119 Å². The van der Waals surface area contributed by atoms with Crippen LogP contribution in [0.4, 0.5) is 5.69 Å². The molecule has 0 bridgehead atoms. The van der Waals surface area contributed by atoms with E-state index in [0.29, 0.717) is 19.3 Å². The van der Waals surface area contributed by atoms with Crippen molar-refractivity contribution in [3.05, 3.63) is 34.4 Å². The van der Waals surface area contributed by atoms with Crippen molar-refractivity contribution < 1.29 is 24.4 Å². The molecule has 0 radical (unpaired) electrons. The van der Waals surface area contributed by atoms with Crippen LogP contribution in [0, 0.1) is 16.0 Å². The third kappa shape index (κ3) is 3.94. The number of benzene rings is 1. The smallest absolute Gasteiger partial charge is 0.310 e. The number of carbonyl (C=O) groups is 2. The van der Waals surface area contributed by atoms with Gasteiger partial charge in [0.15, 0.2) is 12.4 Å². The molecule has 1 amide bonds. The van der Waals surface area contributed by atoms with Crippen LogP contribution in [0.1, 0.15) is 19.3 Å². The second kappa shape index (κ2) is 6.88. The van der Waals surface area contributed by atoms with Gasteiger partial charge < -0.3 is 15.2 Å². The number of nitro benzene ring substituents is 1. The molecule has 0 aliphatic heterocycles. The van der Waals surface area contributed by atoms with Gasteiger partial charge in [-0.3, -0.25) is 19.7 Å². The summed E-state index contributed by atoms with van der Waals surface area (Å²) in [5, 5.41) is 22.4. The molecule has 1 aromatic carbocycles. The Morgan fingerprint density at radius 3 is 2.73 bits per heavy atom. The number of hydrogen-bond acceptors (Lipinski definition) is 5. The fourth-order valence-corrected chi connectivity index (χ4v) is 2.48. The minimum Gasteiger partial charge on any atom is -0.481 e. The van der Waals surface area contributed by atoms with Crippen molar-refractivity contribution in [2.24, 2.45) is 5.92 Å². The lowest BCUT2D eigenvalue weighted by molar-refractivity contribution is -0.385. The molecule has 22 heavy (non-hydrogen) atoms. The van der Waals surface area contributed by atoms with Gasteiger partial charge in [-0.25, -0.2) is 0 Å². The third-order valence-corrected chi connectivity index (χ3v) is 3.57. The predicted molar refractivity (Wildman–Crippen MR) is 75.5 cm³/mol. The largest absolute Gasteiger partial charge is 0.481 e. The maximum atomic E-state index is 11.8. The summed E-state index contributed by atoms with van der Waals surface area (Å²) in [4.78, 5) is 32.9. The summed E-state index contributed by atoms with van der Waals surface area (Å²) < 4.78 is 5.17. The first-order valence-electron chi connectivity index (χ1n) is 6.85. The number of carbonyl (C=O) groups excluding carboxylic acids is 1. The quantitative estimate of drug-likeness (QED) is 0.604. The SMILES string of the molecule is O=C(COc1ccccc1[N+](=O)[O-])N[C@@H]1CC[C@H](C(=O)O)C1. The van der Waals surface area contributed by atoms with Crippen molar-refractivity contribution in [3.63, 3.8) is 0 Å². The van der Waals surface area contributed by atoms with Crippen LogP contribution in [-0.4, -0.2) is 34.6 Å². The summed E-state index contributed by atoms with van der Waals surface area (Å²) in [6, 6.07) is 5.61. The van der Waals surface area contributed by atoms with E-state index in [1.165, 1.54) is 18.2 Å². The number of para-hydroxylation sites is 2. The molecule has 1 fully saturated rings. The van der Waals surface area contributed by atoms with E-state index in [-0.39, 0.29) is 24.1 Å². The fourth-order valence-electron chi connectivity index (χ4n) is 2.48. The van der Waals surface area contributed by atoms with E-state index in [0.717, 1.165) is 0 Å². The maximum absolute atomic E-state index is 11.8. The van der Waals surface area contributed by atoms with E-state index < -0.39 is 22.7 Å². The van der Waals surface area contributed by atoms with Gasteiger partial charge in [0.25, 0.3) is 5.91 Å². The summed E-state index contributed by atoms with van der Waals surface area (Å²) in [5.41, 5.74) is -0.206. The standard InChI is InChI=1S/C14H16N2O6/c17-13(15-10-6-5-9(7-10)14(18)19)8-22-12-4-2-1-3-11(12)16(20)21/h1-4,9-10H,5-8H2,(H,15,17)(H,18,19)/t9-,10+/m0/s1. The molecule has 1 aliphatic rings. The predicted octanol–water partition coefficient (Wildman–Crippen LogP) is 1.34. The van der Waals surface area contributed by atoms with E-state index in [4.69, 9.17) is 9.84 Å². The summed E-state index contributed by atoms with van der Waals surface area (Å²) >= 11 is 0.